The van der Waals surface area contributed by atoms with Crippen molar-refractivity contribution >= 4 is 12.3 Å². The normalized spacial score (nSPS) is 10.5. The fraction of sp³-hybridized carbons (Fsp3) is 0.583. The number of aldehydes is 1. The van der Waals surface area contributed by atoms with Crippen molar-refractivity contribution in [3.05, 3.63) is 18.2 Å². The monoisotopic (exact) mass is 238 g/mol. The van der Waals surface area contributed by atoms with Crippen LogP contribution in [0.15, 0.2) is 12.4 Å². The fourth-order valence-corrected chi connectivity index (χ4v) is 1.34. The number of imidazole rings is 1. The SMILES string of the molecule is CC(C)COC(=O)Cn1ccnc1CCC=O. The van der Waals surface area contributed by atoms with Gasteiger partial charge in [0.25, 0.3) is 0 Å². The molecule has 1 aromatic rings. The molecule has 0 spiro atoms. The maximum atomic E-state index is 11.5. The molecule has 1 aromatic heterocycles. The molecule has 0 saturated heterocycles. The van der Waals surface area contributed by atoms with Gasteiger partial charge in [0, 0.05) is 25.2 Å². The quantitative estimate of drug-likeness (QED) is 0.529. The van der Waals surface area contributed by atoms with Crippen molar-refractivity contribution in [2.75, 3.05) is 6.61 Å². The van der Waals surface area contributed by atoms with Crippen LogP contribution in [0.3, 0.4) is 0 Å². The summed E-state index contributed by atoms with van der Waals surface area (Å²) in [6.45, 7) is 4.55. The molecule has 94 valence electrons. The van der Waals surface area contributed by atoms with E-state index in [2.05, 4.69) is 4.98 Å². The molecule has 0 atom stereocenters. The van der Waals surface area contributed by atoms with Gasteiger partial charge in [-0.2, -0.15) is 0 Å². The molecular weight excluding hydrogens is 220 g/mol. The van der Waals surface area contributed by atoms with Crippen LogP contribution in [-0.4, -0.2) is 28.4 Å². The van der Waals surface area contributed by atoms with Crippen LogP contribution in [-0.2, 0) is 27.3 Å². The van der Waals surface area contributed by atoms with Gasteiger partial charge in [-0.25, -0.2) is 4.98 Å². The Kier molecular flexibility index (Phi) is 5.39. The van der Waals surface area contributed by atoms with Crippen molar-refractivity contribution in [2.24, 2.45) is 5.92 Å². The van der Waals surface area contributed by atoms with Crippen molar-refractivity contribution in [3.8, 4) is 0 Å². The van der Waals surface area contributed by atoms with Gasteiger partial charge in [-0.1, -0.05) is 13.8 Å². The first kappa shape index (κ1) is 13.4. The van der Waals surface area contributed by atoms with E-state index in [1.807, 2.05) is 13.8 Å². The van der Waals surface area contributed by atoms with Crippen LogP contribution in [0.5, 0.6) is 0 Å². The molecule has 0 bridgehead atoms. The molecule has 17 heavy (non-hydrogen) atoms. The highest BCUT2D eigenvalue weighted by Gasteiger charge is 2.09. The topological polar surface area (TPSA) is 61.2 Å². The van der Waals surface area contributed by atoms with Gasteiger partial charge in [0.05, 0.1) is 6.61 Å². The zero-order chi connectivity index (χ0) is 12.7. The molecule has 5 nitrogen and oxygen atoms in total. The second-order valence-corrected chi connectivity index (χ2v) is 4.25. The Labute approximate surface area is 101 Å². The first-order valence-electron chi connectivity index (χ1n) is 5.72. The van der Waals surface area contributed by atoms with Gasteiger partial charge in [-0.15, -0.1) is 0 Å². The molecule has 0 aromatic carbocycles. The van der Waals surface area contributed by atoms with E-state index < -0.39 is 0 Å². The molecule has 0 aliphatic rings. The first-order chi connectivity index (χ1) is 8.13. The van der Waals surface area contributed by atoms with E-state index in [9.17, 15) is 9.59 Å². The number of ether oxygens (including phenoxy) is 1. The summed E-state index contributed by atoms with van der Waals surface area (Å²) in [5.41, 5.74) is 0. The zero-order valence-electron chi connectivity index (χ0n) is 10.3. The Morgan fingerprint density at radius 2 is 2.35 bits per heavy atom. The van der Waals surface area contributed by atoms with Crippen LogP contribution in [0.25, 0.3) is 0 Å². The number of aryl methyl sites for hydroxylation is 1. The number of hydrogen-bond acceptors (Lipinski definition) is 4. The van der Waals surface area contributed by atoms with Gasteiger partial charge < -0.3 is 14.1 Å². The van der Waals surface area contributed by atoms with Gasteiger partial charge in [-0.3, -0.25) is 4.79 Å². The lowest BCUT2D eigenvalue weighted by Gasteiger charge is -2.09. The maximum Gasteiger partial charge on any atom is 0.326 e. The number of rotatable bonds is 7. The van der Waals surface area contributed by atoms with Crippen LogP contribution in [0, 0.1) is 5.92 Å². The summed E-state index contributed by atoms with van der Waals surface area (Å²) in [5.74, 6) is 0.791. The second-order valence-electron chi connectivity index (χ2n) is 4.25. The maximum absolute atomic E-state index is 11.5. The molecule has 0 radical (unpaired) electrons. The van der Waals surface area contributed by atoms with E-state index >= 15 is 0 Å². The molecule has 0 aliphatic heterocycles. The van der Waals surface area contributed by atoms with E-state index in [-0.39, 0.29) is 12.5 Å². The molecule has 0 aliphatic carbocycles. The second kappa shape index (κ2) is 6.83. The highest BCUT2D eigenvalue weighted by molar-refractivity contribution is 5.69. The Balaban J connectivity index is 2.47. The number of carbonyl (C=O) groups is 2. The highest BCUT2D eigenvalue weighted by Crippen LogP contribution is 2.02. The number of hydrogen-bond donors (Lipinski definition) is 0. The summed E-state index contributed by atoms with van der Waals surface area (Å²) >= 11 is 0. The smallest absolute Gasteiger partial charge is 0.326 e. The van der Waals surface area contributed by atoms with E-state index in [1.165, 1.54) is 0 Å². The zero-order valence-corrected chi connectivity index (χ0v) is 10.3. The Morgan fingerprint density at radius 1 is 1.59 bits per heavy atom. The molecule has 1 rings (SSSR count). The highest BCUT2D eigenvalue weighted by atomic mass is 16.5. The predicted molar refractivity (Wildman–Crippen MR) is 62.4 cm³/mol. The van der Waals surface area contributed by atoms with E-state index in [0.29, 0.717) is 25.4 Å². The lowest BCUT2D eigenvalue weighted by atomic mass is 10.2. The molecule has 5 heteroatoms. The van der Waals surface area contributed by atoms with Gasteiger partial charge in [0.1, 0.15) is 18.7 Å². The summed E-state index contributed by atoms with van der Waals surface area (Å²) in [7, 11) is 0. The molecule has 0 saturated carbocycles. The molecular formula is C12H18N2O3. The summed E-state index contributed by atoms with van der Waals surface area (Å²) in [5, 5.41) is 0. The minimum Gasteiger partial charge on any atom is -0.464 e. The predicted octanol–water partition coefficient (Wildman–Crippen LogP) is 1.21. The standard InChI is InChI=1S/C12H18N2O3/c1-10(2)9-17-12(16)8-14-6-5-13-11(14)4-3-7-15/h5-7,10H,3-4,8-9H2,1-2H3. The van der Waals surface area contributed by atoms with Crippen molar-refractivity contribution in [2.45, 2.75) is 33.2 Å². The Hall–Kier alpha value is -1.65. The average molecular weight is 238 g/mol. The van der Waals surface area contributed by atoms with Crippen molar-refractivity contribution in [1.29, 1.82) is 0 Å². The van der Waals surface area contributed by atoms with Crippen LogP contribution in [0.1, 0.15) is 26.1 Å². The van der Waals surface area contributed by atoms with E-state index in [4.69, 9.17) is 4.74 Å². The van der Waals surface area contributed by atoms with Gasteiger partial charge >= 0.3 is 5.97 Å². The molecule has 0 fully saturated rings. The Morgan fingerprint density at radius 3 is 3.00 bits per heavy atom. The van der Waals surface area contributed by atoms with Crippen molar-refractivity contribution in [1.82, 2.24) is 9.55 Å². The van der Waals surface area contributed by atoms with Crippen LogP contribution < -0.4 is 0 Å². The molecule has 0 unspecified atom stereocenters. The minimum absolute atomic E-state index is 0.154. The molecule has 1 heterocycles. The minimum atomic E-state index is -0.274. The third-order valence-corrected chi connectivity index (χ3v) is 2.16. The summed E-state index contributed by atoms with van der Waals surface area (Å²) in [6.07, 6.45) is 5.15. The van der Waals surface area contributed by atoms with Crippen molar-refractivity contribution < 1.29 is 14.3 Å². The van der Waals surface area contributed by atoms with Crippen LogP contribution in [0.4, 0.5) is 0 Å². The van der Waals surface area contributed by atoms with Crippen molar-refractivity contribution in [3.63, 3.8) is 0 Å². The summed E-state index contributed by atoms with van der Waals surface area (Å²) in [6, 6.07) is 0. The van der Waals surface area contributed by atoms with Gasteiger partial charge in [0.15, 0.2) is 0 Å². The largest absolute Gasteiger partial charge is 0.464 e. The van der Waals surface area contributed by atoms with Gasteiger partial charge in [-0.05, 0) is 5.92 Å². The summed E-state index contributed by atoms with van der Waals surface area (Å²) < 4.78 is 6.79. The van der Waals surface area contributed by atoms with E-state index in [1.54, 1.807) is 17.0 Å². The van der Waals surface area contributed by atoms with Crippen LogP contribution >= 0.6 is 0 Å². The lowest BCUT2D eigenvalue weighted by Crippen LogP contribution is -2.17. The third-order valence-electron chi connectivity index (χ3n) is 2.16. The average Bonchev–Trinajstić information content (AvgIpc) is 2.71. The van der Waals surface area contributed by atoms with E-state index in [0.717, 1.165) is 12.1 Å². The number of nitrogens with zero attached hydrogens (tertiary/aromatic N) is 2. The third kappa shape index (κ3) is 4.80. The number of esters is 1. The summed E-state index contributed by atoms with van der Waals surface area (Å²) in [4.78, 5) is 25.9. The fourth-order valence-electron chi connectivity index (χ4n) is 1.34. The number of carbonyl (C=O) groups excluding carboxylic acids is 2. The molecule has 0 N–H and O–H groups in total. The first-order valence-corrected chi connectivity index (χ1v) is 5.72. The number of aromatic nitrogens is 2. The molecule has 0 amide bonds. The Bertz CT molecular complexity index is 372. The van der Waals surface area contributed by atoms with Gasteiger partial charge in [0.2, 0.25) is 0 Å². The van der Waals surface area contributed by atoms with Crippen LogP contribution in [0.2, 0.25) is 0 Å². The lowest BCUT2D eigenvalue weighted by molar-refractivity contribution is -0.145.